The molecule has 0 spiro atoms. The minimum atomic E-state index is -0.654. The van der Waals surface area contributed by atoms with Crippen LogP contribution in [0.2, 0.25) is 0 Å². The van der Waals surface area contributed by atoms with E-state index in [1.165, 1.54) is 0 Å². The summed E-state index contributed by atoms with van der Waals surface area (Å²) < 4.78 is 0. The number of rotatable bonds is 11. The second-order valence-electron chi connectivity index (χ2n) is 5.26. The third kappa shape index (κ3) is 8.76. The lowest BCUT2D eigenvalue weighted by Gasteiger charge is -2.13. The van der Waals surface area contributed by atoms with Gasteiger partial charge in [0.1, 0.15) is 11.7 Å². The zero-order valence-electron chi connectivity index (χ0n) is 12.7. The summed E-state index contributed by atoms with van der Waals surface area (Å²) in [6, 6.07) is 0. The van der Waals surface area contributed by atoms with E-state index < -0.39 is 11.9 Å². The number of ketones is 1. The van der Waals surface area contributed by atoms with Crippen LogP contribution in [0.4, 0.5) is 0 Å². The Morgan fingerprint density at radius 1 is 1.05 bits per heavy atom. The van der Waals surface area contributed by atoms with Crippen molar-refractivity contribution in [2.45, 2.75) is 66.2 Å². The Labute approximate surface area is 116 Å². The Morgan fingerprint density at radius 2 is 1.68 bits per heavy atom. The van der Waals surface area contributed by atoms with E-state index in [0.29, 0.717) is 25.4 Å². The van der Waals surface area contributed by atoms with Gasteiger partial charge in [-0.05, 0) is 25.7 Å². The molecule has 0 aromatic rings. The molecule has 4 heteroatoms. The highest BCUT2D eigenvalue weighted by Crippen LogP contribution is 2.17. The summed E-state index contributed by atoms with van der Waals surface area (Å²) in [7, 11) is 0. The number of carbonyl (C=O) groups excluding carboxylic acids is 2. The van der Waals surface area contributed by atoms with Gasteiger partial charge >= 0.3 is 5.97 Å². The molecule has 4 nitrogen and oxygen atoms in total. The Balaban J connectivity index is 4.25. The van der Waals surface area contributed by atoms with Gasteiger partial charge in [-0.2, -0.15) is 4.89 Å². The molecule has 19 heavy (non-hydrogen) atoms. The maximum absolute atomic E-state index is 11.9. The first-order chi connectivity index (χ1) is 9.02. The largest absolute Gasteiger partial charge is 0.352 e. The Morgan fingerprint density at radius 3 is 2.21 bits per heavy atom. The van der Waals surface area contributed by atoms with Crippen LogP contribution < -0.4 is 0 Å². The highest BCUT2D eigenvalue weighted by Gasteiger charge is 2.27. The second-order valence-corrected chi connectivity index (χ2v) is 5.26. The van der Waals surface area contributed by atoms with Crippen LogP contribution in [0.15, 0.2) is 0 Å². The molecule has 1 atom stereocenters. The molecule has 0 amide bonds. The van der Waals surface area contributed by atoms with Gasteiger partial charge in [0.25, 0.3) is 0 Å². The van der Waals surface area contributed by atoms with Gasteiger partial charge in [0.15, 0.2) is 0 Å². The lowest BCUT2D eigenvalue weighted by molar-refractivity contribution is -0.272. The smallest absolute Gasteiger partial charge is 0.299 e. The molecule has 0 rings (SSSR count). The van der Waals surface area contributed by atoms with Crippen LogP contribution >= 0.6 is 0 Å². The molecule has 0 N–H and O–H groups in total. The zero-order chi connectivity index (χ0) is 14.7. The fraction of sp³-hybridized carbons (Fsp3) is 0.867. The fourth-order valence-electron chi connectivity index (χ4n) is 1.91. The lowest BCUT2D eigenvalue weighted by atomic mass is 9.93. The van der Waals surface area contributed by atoms with Crippen molar-refractivity contribution < 1.29 is 19.4 Å². The molecule has 112 valence electrons. The third-order valence-corrected chi connectivity index (χ3v) is 2.95. The van der Waals surface area contributed by atoms with Crippen LogP contribution in [-0.2, 0) is 19.4 Å². The Kier molecular flexibility index (Phi) is 10.5. The maximum Gasteiger partial charge on any atom is 0.352 e. The second kappa shape index (κ2) is 11.0. The molecule has 0 heterocycles. The number of Topliss-reactive ketones (excluding diaryl/α,β-unsaturated/α-hetero) is 1. The van der Waals surface area contributed by atoms with Crippen molar-refractivity contribution >= 4 is 11.8 Å². The topological polar surface area (TPSA) is 52.6 Å². The highest BCUT2D eigenvalue weighted by atomic mass is 17.2. The van der Waals surface area contributed by atoms with E-state index in [9.17, 15) is 9.59 Å². The normalized spacial score (nSPS) is 12.5. The minimum absolute atomic E-state index is 0.0308. The molecule has 0 aliphatic heterocycles. The molecular weight excluding hydrogens is 244 g/mol. The van der Waals surface area contributed by atoms with E-state index in [1.54, 1.807) is 6.92 Å². The van der Waals surface area contributed by atoms with Crippen LogP contribution in [0.25, 0.3) is 0 Å². The van der Waals surface area contributed by atoms with Gasteiger partial charge in [0.05, 0.1) is 6.61 Å². The van der Waals surface area contributed by atoms with Crippen LogP contribution in [0.1, 0.15) is 66.2 Å². The SMILES string of the molecule is CCCC(=O)C(CCCCC(C)C)C(=O)OOCC. The molecule has 1 unspecified atom stereocenters. The summed E-state index contributed by atoms with van der Waals surface area (Å²) in [5.41, 5.74) is 0. The predicted molar refractivity (Wildman–Crippen MR) is 74.4 cm³/mol. The van der Waals surface area contributed by atoms with E-state index in [1.807, 2.05) is 6.92 Å². The number of hydrogen-bond acceptors (Lipinski definition) is 4. The summed E-state index contributed by atoms with van der Waals surface area (Å²) in [5, 5.41) is 0. The van der Waals surface area contributed by atoms with E-state index in [-0.39, 0.29) is 5.78 Å². The molecule has 0 fully saturated rings. The van der Waals surface area contributed by atoms with Gasteiger partial charge in [-0.1, -0.05) is 40.0 Å². The van der Waals surface area contributed by atoms with Gasteiger partial charge < -0.3 is 0 Å². The molecule has 0 saturated carbocycles. The summed E-state index contributed by atoms with van der Waals surface area (Å²) in [4.78, 5) is 33.0. The van der Waals surface area contributed by atoms with Gasteiger partial charge in [-0.15, -0.1) is 0 Å². The fourth-order valence-corrected chi connectivity index (χ4v) is 1.91. The number of unbranched alkanes of at least 4 members (excludes halogenated alkanes) is 1. The van der Waals surface area contributed by atoms with E-state index in [4.69, 9.17) is 0 Å². The summed E-state index contributed by atoms with van der Waals surface area (Å²) in [6.45, 7) is 8.31. The first-order valence-corrected chi connectivity index (χ1v) is 7.38. The van der Waals surface area contributed by atoms with E-state index in [0.717, 1.165) is 25.7 Å². The van der Waals surface area contributed by atoms with Crippen molar-refractivity contribution in [3.05, 3.63) is 0 Å². The standard InChI is InChI=1S/C15H28O4/c1-5-9-14(16)13(15(17)19-18-6-2)11-8-7-10-12(3)4/h12-13H,5-11H2,1-4H3. The Hall–Kier alpha value is -0.900. The first kappa shape index (κ1) is 18.1. The monoisotopic (exact) mass is 272 g/mol. The molecule has 0 saturated heterocycles. The van der Waals surface area contributed by atoms with Crippen molar-refractivity contribution in [2.24, 2.45) is 11.8 Å². The predicted octanol–water partition coefficient (Wildman–Crippen LogP) is 3.68. The van der Waals surface area contributed by atoms with Gasteiger partial charge in [0, 0.05) is 6.42 Å². The van der Waals surface area contributed by atoms with Gasteiger partial charge in [-0.25, -0.2) is 4.79 Å². The average molecular weight is 272 g/mol. The maximum atomic E-state index is 11.9. The third-order valence-electron chi connectivity index (χ3n) is 2.95. The quantitative estimate of drug-likeness (QED) is 0.249. The van der Waals surface area contributed by atoms with Crippen LogP contribution in [0.5, 0.6) is 0 Å². The summed E-state index contributed by atoms with van der Waals surface area (Å²) >= 11 is 0. The van der Waals surface area contributed by atoms with Crippen LogP contribution in [0.3, 0.4) is 0 Å². The van der Waals surface area contributed by atoms with Crippen LogP contribution in [0, 0.1) is 11.8 Å². The van der Waals surface area contributed by atoms with E-state index >= 15 is 0 Å². The van der Waals surface area contributed by atoms with Crippen molar-refractivity contribution in [3.63, 3.8) is 0 Å². The number of hydrogen-bond donors (Lipinski definition) is 0. The van der Waals surface area contributed by atoms with Gasteiger partial charge in [-0.3, -0.25) is 9.68 Å². The molecule has 0 aliphatic rings. The number of carbonyl (C=O) groups is 2. The molecule has 0 aromatic carbocycles. The zero-order valence-corrected chi connectivity index (χ0v) is 12.7. The first-order valence-electron chi connectivity index (χ1n) is 7.38. The van der Waals surface area contributed by atoms with Crippen molar-refractivity contribution in [1.82, 2.24) is 0 Å². The van der Waals surface area contributed by atoms with E-state index in [2.05, 4.69) is 23.6 Å². The van der Waals surface area contributed by atoms with Crippen molar-refractivity contribution in [3.8, 4) is 0 Å². The van der Waals surface area contributed by atoms with Crippen molar-refractivity contribution in [2.75, 3.05) is 6.61 Å². The van der Waals surface area contributed by atoms with Crippen molar-refractivity contribution in [1.29, 1.82) is 0 Å². The minimum Gasteiger partial charge on any atom is -0.299 e. The lowest BCUT2D eigenvalue weighted by Crippen LogP contribution is -2.26. The van der Waals surface area contributed by atoms with Crippen LogP contribution in [-0.4, -0.2) is 18.4 Å². The molecule has 0 bridgehead atoms. The molecule has 0 aromatic heterocycles. The Bertz CT molecular complexity index is 261. The summed E-state index contributed by atoms with van der Waals surface area (Å²) in [5.74, 6) is -0.569. The average Bonchev–Trinajstić information content (AvgIpc) is 2.35. The molecule has 0 aliphatic carbocycles. The molecule has 0 radical (unpaired) electrons. The highest BCUT2D eigenvalue weighted by molar-refractivity contribution is 5.98. The van der Waals surface area contributed by atoms with Gasteiger partial charge in [0.2, 0.25) is 0 Å². The summed E-state index contributed by atoms with van der Waals surface area (Å²) in [6.07, 6.45) is 4.78. The molecular formula is C15H28O4.